The highest BCUT2D eigenvalue weighted by Crippen LogP contribution is 2.23. The number of hydrogen-bond acceptors (Lipinski definition) is 0. The third-order valence-corrected chi connectivity index (χ3v) is 0. The van der Waals surface area contributed by atoms with Crippen molar-refractivity contribution in [2.45, 2.75) is 31.0 Å². The van der Waals surface area contributed by atoms with Crippen LogP contribution in [0.4, 0.5) is 0 Å². The van der Waals surface area contributed by atoms with Gasteiger partial charge in [0, 0.05) is 0 Å². The highest BCUT2D eigenvalue weighted by molar-refractivity contribution is 6.67. The Hall–Kier alpha value is 0.870. The molecule has 0 aromatic rings. The van der Waals surface area contributed by atoms with E-state index in [2.05, 4.69) is 13.8 Å². The summed E-state index contributed by atoms with van der Waals surface area (Å²) in [5.74, 6) is 0. The number of halogens is 3. The normalized spacial score (nSPS) is 9.75. The maximum absolute atomic E-state index is 5.06. The Kier molecular flexibility index (Phi) is 8.73. The fraction of sp³-hybridized carbons (Fsp3) is 1.00. The van der Waals surface area contributed by atoms with Gasteiger partial charge in [0.05, 0.1) is 0 Å². The van der Waals surface area contributed by atoms with Crippen LogP contribution in [0.3, 0.4) is 0 Å². The molecule has 0 unspecified atom stereocenters. The van der Waals surface area contributed by atoms with Gasteiger partial charge in [0.1, 0.15) is 0 Å². The topological polar surface area (TPSA) is 0 Å². The van der Waals surface area contributed by atoms with Gasteiger partial charge in [-0.1, -0.05) is 55.1 Å². The zero-order valence-electron chi connectivity index (χ0n) is 5.34. The Balaban J connectivity index is 0. The second-order valence-electron chi connectivity index (χ2n) is 1.49. The molecule has 0 atom stereocenters. The van der Waals surface area contributed by atoms with E-state index in [1.54, 1.807) is 0 Å². The first-order valence-electron chi connectivity index (χ1n) is 2.48. The first-order valence-corrected chi connectivity index (χ1v) is 3.62. The predicted molar refractivity (Wildman–Crippen MR) is 41.9 cm³/mol. The van der Waals surface area contributed by atoms with Crippen LogP contribution in [0.15, 0.2) is 0 Å². The first kappa shape index (κ1) is 11.6. The minimum Gasteiger partial charge on any atom is -0.0840 e. The van der Waals surface area contributed by atoms with Gasteiger partial charge in [0.15, 0.2) is 3.79 Å². The molecule has 0 amide bonds. The summed E-state index contributed by atoms with van der Waals surface area (Å²) in [7, 11) is 0. The maximum Gasteiger partial charge on any atom is 0.187 e. The van der Waals surface area contributed by atoms with E-state index in [-0.39, 0.29) is 0 Å². The van der Waals surface area contributed by atoms with Crippen molar-refractivity contribution in [1.29, 1.82) is 0 Å². The highest BCUT2D eigenvalue weighted by atomic mass is 35.6. The lowest BCUT2D eigenvalue weighted by Crippen LogP contribution is -1.87. The Bertz CT molecular complexity index is 31.4. The summed E-state index contributed by atoms with van der Waals surface area (Å²) in [5.41, 5.74) is 0. The van der Waals surface area contributed by atoms with E-state index in [1.165, 1.54) is 13.3 Å². The van der Waals surface area contributed by atoms with Crippen LogP contribution in [-0.4, -0.2) is 3.79 Å². The van der Waals surface area contributed by atoms with Crippen LogP contribution in [0, 0.1) is 0 Å². The Morgan fingerprint density at radius 3 is 1.12 bits per heavy atom. The second kappa shape index (κ2) is 6.00. The maximum atomic E-state index is 5.06. The fourth-order valence-electron chi connectivity index (χ4n) is 0. The molecule has 0 N–H and O–H groups in total. The van der Waals surface area contributed by atoms with Crippen LogP contribution >= 0.6 is 34.8 Å². The lowest BCUT2D eigenvalue weighted by molar-refractivity contribution is 1.09. The summed E-state index contributed by atoms with van der Waals surface area (Å²) in [6.45, 7) is 5.73. The molecular formula is C5H11Cl3. The van der Waals surface area contributed by atoms with Crippen molar-refractivity contribution < 1.29 is 0 Å². The number of alkyl halides is 3. The van der Waals surface area contributed by atoms with Gasteiger partial charge in [-0.3, -0.25) is 0 Å². The van der Waals surface area contributed by atoms with Gasteiger partial charge in [-0.25, -0.2) is 0 Å². The van der Waals surface area contributed by atoms with Crippen LogP contribution in [-0.2, 0) is 0 Å². The van der Waals surface area contributed by atoms with Gasteiger partial charge < -0.3 is 0 Å². The van der Waals surface area contributed by atoms with E-state index in [0.717, 1.165) is 0 Å². The quantitative estimate of drug-likeness (QED) is 0.494. The molecular weight excluding hydrogens is 166 g/mol. The molecule has 0 aromatic carbocycles. The van der Waals surface area contributed by atoms with Crippen molar-refractivity contribution in [3.8, 4) is 0 Å². The van der Waals surface area contributed by atoms with E-state index in [4.69, 9.17) is 34.8 Å². The summed E-state index contributed by atoms with van der Waals surface area (Å²) in [5, 5.41) is 0. The molecule has 0 nitrogen and oxygen atoms in total. The molecule has 3 heteroatoms. The Labute approximate surface area is 66.1 Å². The van der Waals surface area contributed by atoms with Crippen LogP contribution in [0.2, 0.25) is 0 Å². The van der Waals surface area contributed by atoms with Crippen LogP contribution < -0.4 is 0 Å². The molecule has 0 spiro atoms. The monoisotopic (exact) mass is 176 g/mol. The van der Waals surface area contributed by atoms with Gasteiger partial charge in [0.25, 0.3) is 0 Å². The molecule has 8 heavy (non-hydrogen) atoms. The smallest absolute Gasteiger partial charge is 0.0840 e. The van der Waals surface area contributed by atoms with Crippen molar-refractivity contribution in [3.63, 3.8) is 0 Å². The molecule has 0 saturated heterocycles. The third-order valence-electron chi connectivity index (χ3n) is 0. The Morgan fingerprint density at radius 2 is 1.12 bits per heavy atom. The van der Waals surface area contributed by atoms with Crippen LogP contribution in [0.1, 0.15) is 27.2 Å². The van der Waals surface area contributed by atoms with Crippen molar-refractivity contribution in [1.82, 2.24) is 0 Å². The fourth-order valence-corrected chi connectivity index (χ4v) is 0. The van der Waals surface area contributed by atoms with Gasteiger partial charge in [-0.05, 0) is 6.92 Å². The molecule has 0 aliphatic heterocycles. The van der Waals surface area contributed by atoms with Gasteiger partial charge in [0.2, 0.25) is 0 Å². The lowest BCUT2D eigenvalue weighted by Gasteiger charge is -1.94. The average Bonchev–Trinajstić information content (AvgIpc) is 1.27. The minimum absolute atomic E-state index is 1.08. The van der Waals surface area contributed by atoms with Crippen LogP contribution in [0.5, 0.6) is 0 Å². The van der Waals surface area contributed by atoms with Crippen molar-refractivity contribution in [2.75, 3.05) is 0 Å². The van der Waals surface area contributed by atoms with E-state index in [9.17, 15) is 0 Å². The van der Waals surface area contributed by atoms with E-state index in [0.29, 0.717) is 0 Å². The molecule has 0 aromatic heterocycles. The first-order chi connectivity index (χ1) is 3.41. The molecule has 0 heterocycles. The number of rotatable bonds is 0. The third kappa shape index (κ3) is 313. The SMILES string of the molecule is CC(Cl)(Cl)Cl.CCC. The second-order valence-corrected chi connectivity index (χ2v) is 4.34. The summed E-state index contributed by atoms with van der Waals surface area (Å²) in [6, 6.07) is 0. The van der Waals surface area contributed by atoms with Gasteiger partial charge in [-0.15, -0.1) is 0 Å². The molecule has 0 saturated carbocycles. The van der Waals surface area contributed by atoms with E-state index in [1.807, 2.05) is 0 Å². The summed E-state index contributed by atoms with van der Waals surface area (Å²) >= 11 is 15.2. The predicted octanol–water partition coefficient (Wildman–Crippen LogP) is 3.79. The molecule has 0 rings (SSSR count). The molecule has 52 valence electrons. The standard InChI is InChI=1S/C3H8.C2H3Cl3/c1-3-2;1-2(3,4)5/h3H2,1-2H3;1H3. The zero-order valence-corrected chi connectivity index (χ0v) is 7.61. The van der Waals surface area contributed by atoms with E-state index >= 15 is 0 Å². The summed E-state index contributed by atoms with van der Waals surface area (Å²) in [4.78, 5) is 0. The van der Waals surface area contributed by atoms with Gasteiger partial charge >= 0.3 is 0 Å². The van der Waals surface area contributed by atoms with Crippen molar-refractivity contribution >= 4 is 34.8 Å². The van der Waals surface area contributed by atoms with Gasteiger partial charge in [-0.2, -0.15) is 0 Å². The molecule has 0 fully saturated rings. The van der Waals surface area contributed by atoms with Crippen molar-refractivity contribution in [2.24, 2.45) is 0 Å². The molecule has 0 radical (unpaired) electrons. The number of hydrogen-bond donors (Lipinski definition) is 0. The lowest BCUT2D eigenvalue weighted by atomic mass is 10.6. The molecule has 0 aliphatic rings. The largest absolute Gasteiger partial charge is 0.187 e. The highest BCUT2D eigenvalue weighted by Gasteiger charge is 2.07. The minimum atomic E-state index is -1.08. The molecule has 0 aliphatic carbocycles. The zero-order chi connectivity index (χ0) is 7.21. The average molecular weight is 178 g/mol. The Morgan fingerprint density at radius 1 is 1.12 bits per heavy atom. The summed E-state index contributed by atoms with van der Waals surface area (Å²) in [6.07, 6.45) is 1.25. The summed E-state index contributed by atoms with van der Waals surface area (Å²) < 4.78 is -1.08. The van der Waals surface area contributed by atoms with Crippen molar-refractivity contribution in [3.05, 3.63) is 0 Å². The molecule has 0 bridgehead atoms. The van der Waals surface area contributed by atoms with E-state index < -0.39 is 3.79 Å². The van der Waals surface area contributed by atoms with Crippen LogP contribution in [0.25, 0.3) is 0 Å².